The Morgan fingerprint density at radius 2 is 1.88 bits per heavy atom. The Kier molecular flexibility index (Phi) is 4.24. The molecule has 0 aromatic carbocycles. The van der Waals surface area contributed by atoms with E-state index >= 15 is 0 Å². The highest BCUT2D eigenvalue weighted by atomic mass is 19.4. The molecule has 1 amide bonds. The highest BCUT2D eigenvalue weighted by Crippen LogP contribution is 2.49. The van der Waals surface area contributed by atoms with Crippen LogP contribution in [-0.2, 0) is 0 Å². The molecule has 0 unspecified atom stereocenters. The van der Waals surface area contributed by atoms with Gasteiger partial charge in [0.2, 0.25) is 0 Å². The Labute approximate surface area is 145 Å². The minimum absolute atomic E-state index is 0.0713. The molecule has 7 heteroatoms. The second-order valence-electron chi connectivity index (χ2n) is 8.28. The number of nitrogens with zero attached hydrogens (tertiary/aromatic N) is 2. The quantitative estimate of drug-likeness (QED) is 0.841. The number of hydrogen-bond donors (Lipinski definition) is 1. The van der Waals surface area contributed by atoms with Gasteiger partial charge in [-0.05, 0) is 29.9 Å². The molecule has 25 heavy (non-hydrogen) atoms. The topological polar surface area (TPSA) is 53.4 Å². The zero-order chi connectivity index (χ0) is 18.6. The summed E-state index contributed by atoms with van der Waals surface area (Å²) in [7, 11) is 0. The summed E-state index contributed by atoms with van der Waals surface area (Å²) in [4.78, 5) is 17.2. The highest BCUT2D eigenvalue weighted by Gasteiger charge is 2.50. The molecule has 1 N–H and O–H groups in total. The maximum Gasteiger partial charge on any atom is 0.407 e. The number of aromatic nitrogens is 1. The summed E-state index contributed by atoms with van der Waals surface area (Å²) in [6.45, 7) is 6.45. The number of alkyl halides is 3. The normalized spacial score (nSPS) is 29.8. The van der Waals surface area contributed by atoms with Crippen LogP contribution in [0.5, 0.6) is 0 Å². The molecule has 1 saturated heterocycles. The third-order valence-corrected chi connectivity index (χ3v) is 5.50. The average Bonchev–Trinajstić information content (AvgIpc) is 2.33. The SMILES string of the molecule is CC(C)(C)[C@H]1[C@@H](c2ccc(C3CC(C(F)(F)F)C3)nc2)CN1C(=O)O. The molecule has 3 rings (SSSR count). The van der Waals surface area contributed by atoms with E-state index in [2.05, 4.69) is 4.98 Å². The predicted octanol–water partition coefficient (Wildman–Crippen LogP) is 4.63. The van der Waals surface area contributed by atoms with Crippen LogP contribution in [0, 0.1) is 11.3 Å². The molecule has 0 spiro atoms. The molecule has 1 saturated carbocycles. The summed E-state index contributed by atoms with van der Waals surface area (Å²) in [5.74, 6) is -1.27. The van der Waals surface area contributed by atoms with Gasteiger partial charge in [-0.3, -0.25) is 4.98 Å². The van der Waals surface area contributed by atoms with Crippen LogP contribution >= 0.6 is 0 Å². The van der Waals surface area contributed by atoms with Crippen molar-refractivity contribution in [3.8, 4) is 0 Å². The van der Waals surface area contributed by atoms with Crippen LogP contribution in [0.2, 0.25) is 0 Å². The average molecular weight is 356 g/mol. The molecule has 0 bridgehead atoms. The molecule has 1 aromatic rings. The Bertz CT molecular complexity index is 646. The van der Waals surface area contributed by atoms with Crippen molar-refractivity contribution < 1.29 is 23.1 Å². The molecule has 2 fully saturated rings. The Morgan fingerprint density at radius 3 is 2.32 bits per heavy atom. The van der Waals surface area contributed by atoms with E-state index in [4.69, 9.17) is 0 Å². The maximum absolute atomic E-state index is 12.6. The smallest absolute Gasteiger partial charge is 0.407 e. The Hall–Kier alpha value is -1.79. The van der Waals surface area contributed by atoms with Gasteiger partial charge in [0.25, 0.3) is 0 Å². The van der Waals surface area contributed by atoms with Crippen LogP contribution in [-0.4, -0.2) is 39.8 Å². The van der Waals surface area contributed by atoms with Gasteiger partial charge < -0.3 is 10.0 Å². The minimum atomic E-state index is -4.11. The molecule has 2 atom stereocenters. The molecular weight excluding hydrogens is 333 g/mol. The van der Waals surface area contributed by atoms with E-state index in [1.165, 1.54) is 4.90 Å². The second kappa shape index (κ2) is 5.88. The van der Waals surface area contributed by atoms with Crippen molar-refractivity contribution in [2.75, 3.05) is 6.54 Å². The van der Waals surface area contributed by atoms with Crippen LogP contribution in [0.3, 0.4) is 0 Å². The van der Waals surface area contributed by atoms with E-state index < -0.39 is 18.2 Å². The molecule has 1 aliphatic heterocycles. The number of carbonyl (C=O) groups is 1. The minimum Gasteiger partial charge on any atom is -0.465 e. The fraction of sp³-hybridized carbons (Fsp3) is 0.667. The Balaban J connectivity index is 1.68. The van der Waals surface area contributed by atoms with Crippen molar-refractivity contribution in [2.24, 2.45) is 11.3 Å². The van der Waals surface area contributed by atoms with Gasteiger partial charge in [-0.1, -0.05) is 26.8 Å². The van der Waals surface area contributed by atoms with Crippen LogP contribution < -0.4 is 0 Å². The first-order valence-corrected chi connectivity index (χ1v) is 8.50. The highest BCUT2D eigenvalue weighted by molar-refractivity contribution is 5.67. The van der Waals surface area contributed by atoms with Gasteiger partial charge in [-0.2, -0.15) is 13.2 Å². The number of amides is 1. The fourth-order valence-corrected chi connectivity index (χ4v) is 4.06. The van der Waals surface area contributed by atoms with Crippen molar-refractivity contribution >= 4 is 6.09 Å². The third kappa shape index (κ3) is 3.33. The largest absolute Gasteiger partial charge is 0.465 e. The molecule has 138 valence electrons. The summed E-state index contributed by atoms with van der Waals surface area (Å²) >= 11 is 0. The summed E-state index contributed by atoms with van der Waals surface area (Å²) in [5.41, 5.74) is 1.45. The van der Waals surface area contributed by atoms with Crippen LogP contribution in [0.1, 0.15) is 56.7 Å². The van der Waals surface area contributed by atoms with Gasteiger partial charge in [0.15, 0.2) is 0 Å². The molecule has 2 heterocycles. The van der Waals surface area contributed by atoms with Crippen LogP contribution in [0.25, 0.3) is 0 Å². The van der Waals surface area contributed by atoms with Crippen LogP contribution in [0.15, 0.2) is 18.3 Å². The van der Waals surface area contributed by atoms with E-state index in [1.54, 1.807) is 12.3 Å². The monoisotopic (exact) mass is 356 g/mol. The van der Waals surface area contributed by atoms with Gasteiger partial charge in [-0.25, -0.2) is 4.79 Å². The van der Waals surface area contributed by atoms with Gasteiger partial charge >= 0.3 is 12.3 Å². The lowest BCUT2D eigenvalue weighted by molar-refractivity contribution is -0.197. The lowest BCUT2D eigenvalue weighted by Crippen LogP contribution is -2.62. The number of likely N-dealkylation sites (tertiary alicyclic amines) is 1. The van der Waals surface area contributed by atoms with Gasteiger partial charge in [0.05, 0.1) is 5.92 Å². The van der Waals surface area contributed by atoms with Crippen molar-refractivity contribution in [1.82, 2.24) is 9.88 Å². The molecular formula is C18H23F3N2O2. The van der Waals surface area contributed by atoms with E-state index in [0.717, 1.165) is 5.56 Å². The van der Waals surface area contributed by atoms with Crippen LogP contribution in [0.4, 0.5) is 18.0 Å². The number of rotatable bonds is 2. The van der Waals surface area contributed by atoms with Gasteiger partial charge in [-0.15, -0.1) is 0 Å². The third-order valence-electron chi connectivity index (χ3n) is 5.50. The molecule has 4 nitrogen and oxygen atoms in total. The number of carboxylic acid groups (broad SMARTS) is 1. The van der Waals surface area contributed by atoms with Crippen molar-refractivity contribution in [3.05, 3.63) is 29.6 Å². The number of halogens is 3. The summed E-state index contributed by atoms with van der Waals surface area (Å²) < 4.78 is 37.8. The summed E-state index contributed by atoms with van der Waals surface area (Å²) in [6.07, 6.45) is -3.11. The second-order valence-corrected chi connectivity index (χ2v) is 8.28. The van der Waals surface area contributed by atoms with Crippen molar-refractivity contribution in [1.29, 1.82) is 0 Å². The Morgan fingerprint density at radius 1 is 1.24 bits per heavy atom. The van der Waals surface area contributed by atoms with E-state index in [1.807, 2.05) is 26.8 Å². The molecule has 0 radical (unpaired) electrons. The summed E-state index contributed by atoms with van der Waals surface area (Å²) in [5, 5.41) is 9.30. The zero-order valence-electron chi connectivity index (χ0n) is 14.5. The fourth-order valence-electron chi connectivity index (χ4n) is 4.06. The van der Waals surface area contributed by atoms with Crippen molar-refractivity contribution in [2.45, 2.75) is 57.7 Å². The maximum atomic E-state index is 12.6. The molecule has 1 aromatic heterocycles. The standard InChI is InChI=1S/C18H23F3N2O2/c1-17(2,3)15-13(9-23(15)16(24)25)10-4-5-14(22-8-10)11-6-12(7-11)18(19,20)21/h4-5,8,11-13,15H,6-7,9H2,1-3H3,(H,24,25)/t11?,12?,13-,15-/m1/s1. The number of hydrogen-bond acceptors (Lipinski definition) is 2. The first-order chi connectivity index (χ1) is 11.5. The zero-order valence-corrected chi connectivity index (χ0v) is 14.5. The summed E-state index contributed by atoms with van der Waals surface area (Å²) in [6, 6.07) is 3.57. The molecule has 2 aliphatic rings. The van der Waals surface area contributed by atoms with E-state index in [-0.39, 0.29) is 36.1 Å². The predicted molar refractivity (Wildman–Crippen MR) is 86.5 cm³/mol. The number of pyridine rings is 1. The van der Waals surface area contributed by atoms with Crippen molar-refractivity contribution in [3.63, 3.8) is 0 Å². The molecule has 1 aliphatic carbocycles. The van der Waals surface area contributed by atoms with Gasteiger partial charge in [0.1, 0.15) is 0 Å². The lowest BCUT2D eigenvalue weighted by atomic mass is 9.69. The van der Waals surface area contributed by atoms with E-state index in [9.17, 15) is 23.1 Å². The van der Waals surface area contributed by atoms with Gasteiger partial charge in [0, 0.05) is 36.3 Å². The lowest BCUT2D eigenvalue weighted by Gasteiger charge is -2.53. The first-order valence-electron chi connectivity index (χ1n) is 8.50. The van der Waals surface area contributed by atoms with E-state index in [0.29, 0.717) is 12.2 Å². The first kappa shape index (κ1) is 18.0.